The molecule has 0 aromatic carbocycles. The fraction of sp³-hybridized carbons (Fsp3) is 1.00. The molecule has 1 heteroatoms. The van der Waals surface area contributed by atoms with Crippen LogP contribution in [0.15, 0.2) is 0 Å². The minimum Gasteiger partial charge on any atom is -0.176 e. The molecule has 0 N–H and O–H groups in total. The highest BCUT2D eigenvalue weighted by Gasteiger charge is 2.38. The van der Waals surface area contributed by atoms with E-state index >= 15 is 0 Å². The lowest BCUT2D eigenvalue weighted by Gasteiger charge is -2.44. The maximum absolute atomic E-state index is 4.74. The van der Waals surface area contributed by atoms with E-state index in [0.29, 0.717) is 16.1 Å². The summed E-state index contributed by atoms with van der Waals surface area (Å²) in [5.41, 5.74) is 0.899. The van der Waals surface area contributed by atoms with Gasteiger partial charge in [0.2, 0.25) is 0 Å². The molecule has 0 aromatic rings. The summed E-state index contributed by atoms with van der Waals surface area (Å²) in [6.07, 6.45) is 4.00. The fourth-order valence-electron chi connectivity index (χ4n) is 2.70. The van der Waals surface area contributed by atoms with Crippen LogP contribution < -0.4 is 0 Å². The zero-order valence-electron chi connectivity index (χ0n) is 11.3. The maximum Gasteiger partial charge on any atom is 0.00224 e. The van der Waals surface area contributed by atoms with Crippen LogP contribution in [-0.4, -0.2) is 5.25 Å². The number of thiol groups is 1. The molecule has 0 radical (unpaired) electrons. The first-order chi connectivity index (χ1) is 6.60. The zero-order valence-corrected chi connectivity index (χ0v) is 12.2. The van der Waals surface area contributed by atoms with Gasteiger partial charge in [0.05, 0.1) is 0 Å². The Kier molecular flexibility index (Phi) is 3.86. The highest BCUT2D eigenvalue weighted by molar-refractivity contribution is 7.80. The Balaban J connectivity index is 2.73. The van der Waals surface area contributed by atoms with E-state index in [4.69, 9.17) is 12.6 Å². The Hall–Kier alpha value is 0.350. The first-order valence-electron chi connectivity index (χ1n) is 6.29. The van der Waals surface area contributed by atoms with Crippen molar-refractivity contribution in [2.45, 2.75) is 66.1 Å². The van der Waals surface area contributed by atoms with Crippen LogP contribution in [0, 0.1) is 22.7 Å². The summed E-state index contributed by atoms with van der Waals surface area (Å²) in [5.74, 6) is 1.69. The molecule has 1 aliphatic rings. The number of hydrogen-bond donors (Lipinski definition) is 1. The third-order valence-corrected chi connectivity index (χ3v) is 4.55. The van der Waals surface area contributed by atoms with Crippen molar-refractivity contribution >= 4 is 12.6 Å². The first-order valence-corrected chi connectivity index (χ1v) is 6.80. The van der Waals surface area contributed by atoms with Crippen LogP contribution in [-0.2, 0) is 0 Å². The van der Waals surface area contributed by atoms with Gasteiger partial charge in [-0.25, -0.2) is 0 Å². The molecule has 2 unspecified atom stereocenters. The van der Waals surface area contributed by atoms with E-state index in [1.165, 1.54) is 19.3 Å². The van der Waals surface area contributed by atoms with Crippen LogP contribution >= 0.6 is 12.6 Å². The predicted molar refractivity (Wildman–Crippen MR) is 72.5 cm³/mol. The van der Waals surface area contributed by atoms with Crippen LogP contribution in [0.3, 0.4) is 0 Å². The lowest BCUT2D eigenvalue weighted by Crippen LogP contribution is -2.36. The van der Waals surface area contributed by atoms with Gasteiger partial charge in [-0.3, -0.25) is 0 Å². The van der Waals surface area contributed by atoms with E-state index in [1.807, 2.05) is 0 Å². The summed E-state index contributed by atoms with van der Waals surface area (Å²) in [6.45, 7) is 14.3. The third kappa shape index (κ3) is 3.69. The summed E-state index contributed by atoms with van der Waals surface area (Å²) in [5, 5.41) is 0.618. The monoisotopic (exact) mass is 228 g/mol. The largest absolute Gasteiger partial charge is 0.176 e. The Bertz CT molecular complexity index is 184. The van der Waals surface area contributed by atoms with Gasteiger partial charge in [0.15, 0.2) is 0 Å². The van der Waals surface area contributed by atoms with Crippen LogP contribution in [0.4, 0.5) is 0 Å². The molecule has 1 saturated carbocycles. The summed E-state index contributed by atoms with van der Waals surface area (Å²) < 4.78 is 0. The van der Waals surface area contributed by atoms with E-state index in [1.54, 1.807) is 0 Å². The van der Waals surface area contributed by atoms with Gasteiger partial charge in [-0.1, -0.05) is 41.5 Å². The number of hydrogen-bond acceptors (Lipinski definition) is 1. The highest BCUT2D eigenvalue weighted by atomic mass is 32.1. The third-order valence-electron chi connectivity index (χ3n) is 4.13. The van der Waals surface area contributed by atoms with E-state index in [-0.39, 0.29) is 0 Å². The lowest BCUT2D eigenvalue weighted by atomic mass is 9.63. The van der Waals surface area contributed by atoms with Crippen molar-refractivity contribution in [3.05, 3.63) is 0 Å². The summed E-state index contributed by atoms with van der Waals surface area (Å²) >= 11 is 4.74. The molecule has 1 fully saturated rings. The molecule has 0 aliphatic heterocycles. The molecule has 0 amide bonds. The highest BCUT2D eigenvalue weighted by Crippen LogP contribution is 2.47. The van der Waals surface area contributed by atoms with Crippen molar-refractivity contribution in [3.8, 4) is 0 Å². The second kappa shape index (κ2) is 4.31. The molecule has 0 aromatic heterocycles. The summed E-state index contributed by atoms with van der Waals surface area (Å²) in [4.78, 5) is 0. The Labute approximate surface area is 102 Å². The van der Waals surface area contributed by atoms with E-state index in [9.17, 15) is 0 Å². The molecule has 2 atom stereocenters. The predicted octanol–water partition coefficient (Wildman–Crippen LogP) is 4.79. The first kappa shape index (κ1) is 13.4. The van der Waals surface area contributed by atoms with Gasteiger partial charge in [0, 0.05) is 5.25 Å². The minimum atomic E-state index is 0.449. The zero-order chi connectivity index (χ0) is 11.9. The van der Waals surface area contributed by atoms with Gasteiger partial charge in [-0.05, 0) is 41.9 Å². The normalized spacial score (nSPS) is 34.2. The standard InChI is InChI=1S/C14H28S/c1-13(2,3)10-7-11(14(4,5)6)9-12(15)8-10/h10-12,15H,7-9H2,1-6H3. The molecular formula is C14H28S. The SMILES string of the molecule is CC(C)(C)C1CC(S)CC(C(C)(C)C)C1. The van der Waals surface area contributed by atoms with Crippen molar-refractivity contribution in [1.29, 1.82) is 0 Å². The molecule has 0 heterocycles. The molecule has 0 nitrogen and oxygen atoms in total. The van der Waals surface area contributed by atoms with Gasteiger partial charge in [-0.15, -0.1) is 0 Å². The van der Waals surface area contributed by atoms with Gasteiger partial charge >= 0.3 is 0 Å². The quantitative estimate of drug-likeness (QED) is 0.566. The van der Waals surface area contributed by atoms with E-state index in [0.717, 1.165) is 11.8 Å². The molecule has 0 bridgehead atoms. The van der Waals surface area contributed by atoms with E-state index < -0.39 is 0 Å². The Morgan fingerprint density at radius 1 is 0.733 bits per heavy atom. The molecular weight excluding hydrogens is 200 g/mol. The van der Waals surface area contributed by atoms with Crippen LogP contribution in [0.5, 0.6) is 0 Å². The minimum absolute atomic E-state index is 0.449. The summed E-state index contributed by atoms with van der Waals surface area (Å²) in [6, 6.07) is 0. The second-order valence-corrected chi connectivity index (χ2v) is 8.22. The Morgan fingerprint density at radius 3 is 1.33 bits per heavy atom. The van der Waals surface area contributed by atoms with Crippen LogP contribution in [0.25, 0.3) is 0 Å². The molecule has 90 valence electrons. The van der Waals surface area contributed by atoms with Crippen molar-refractivity contribution in [2.24, 2.45) is 22.7 Å². The van der Waals surface area contributed by atoms with Crippen molar-refractivity contribution < 1.29 is 0 Å². The molecule has 0 spiro atoms. The topological polar surface area (TPSA) is 0 Å². The maximum atomic E-state index is 4.74. The van der Waals surface area contributed by atoms with Gasteiger partial charge in [-0.2, -0.15) is 12.6 Å². The smallest absolute Gasteiger partial charge is 0.00224 e. The second-order valence-electron chi connectivity index (χ2n) is 7.49. The molecule has 0 saturated heterocycles. The van der Waals surface area contributed by atoms with Crippen LogP contribution in [0.2, 0.25) is 0 Å². The molecule has 15 heavy (non-hydrogen) atoms. The fourth-order valence-corrected chi connectivity index (χ4v) is 3.21. The van der Waals surface area contributed by atoms with Crippen molar-refractivity contribution in [3.63, 3.8) is 0 Å². The summed E-state index contributed by atoms with van der Waals surface area (Å²) in [7, 11) is 0. The van der Waals surface area contributed by atoms with Crippen LogP contribution in [0.1, 0.15) is 60.8 Å². The average molecular weight is 228 g/mol. The molecule has 1 aliphatic carbocycles. The number of rotatable bonds is 0. The van der Waals surface area contributed by atoms with Crippen molar-refractivity contribution in [2.75, 3.05) is 0 Å². The van der Waals surface area contributed by atoms with Gasteiger partial charge in [0.25, 0.3) is 0 Å². The Morgan fingerprint density at radius 2 is 1.07 bits per heavy atom. The van der Waals surface area contributed by atoms with E-state index in [2.05, 4.69) is 41.5 Å². The van der Waals surface area contributed by atoms with Gasteiger partial charge in [0.1, 0.15) is 0 Å². The average Bonchev–Trinajstić information content (AvgIpc) is 1.99. The van der Waals surface area contributed by atoms with Gasteiger partial charge < -0.3 is 0 Å². The molecule has 1 rings (SSSR count). The lowest BCUT2D eigenvalue weighted by molar-refractivity contribution is 0.0869. The van der Waals surface area contributed by atoms with Crippen molar-refractivity contribution in [1.82, 2.24) is 0 Å².